The van der Waals surface area contributed by atoms with Crippen LogP contribution in [0.1, 0.15) is 50.2 Å². The highest BCUT2D eigenvalue weighted by Gasteiger charge is 2.40. The normalized spacial score (nSPS) is 33.0. The van der Waals surface area contributed by atoms with E-state index in [4.69, 9.17) is 5.73 Å². The first-order valence-corrected chi connectivity index (χ1v) is 8.64. The summed E-state index contributed by atoms with van der Waals surface area (Å²) < 4.78 is 0. The van der Waals surface area contributed by atoms with Crippen LogP contribution in [0, 0.1) is 5.92 Å². The van der Waals surface area contributed by atoms with Crippen molar-refractivity contribution in [3.05, 3.63) is 35.4 Å². The highest BCUT2D eigenvalue weighted by molar-refractivity contribution is 5.32. The lowest BCUT2D eigenvalue weighted by Gasteiger charge is -2.49. The summed E-state index contributed by atoms with van der Waals surface area (Å²) in [5.41, 5.74) is 9.52. The van der Waals surface area contributed by atoms with E-state index in [9.17, 15) is 0 Å². The van der Waals surface area contributed by atoms with Gasteiger partial charge in [0.15, 0.2) is 0 Å². The van der Waals surface area contributed by atoms with Crippen molar-refractivity contribution in [3.63, 3.8) is 0 Å². The number of rotatable bonds is 3. The summed E-state index contributed by atoms with van der Waals surface area (Å²) in [5, 5.41) is 0. The molecule has 0 bridgehead atoms. The molecule has 2 nitrogen and oxygen atoms in total. The van der Waals surface area contributed by atoms with Gasteiger partial charge in [-0.05, 0) is 69.0 Å². The number of benzene rings is 1. The zero-order valence-corrected chi connectivity index (χ0v) is 13.6. The molecule has 0 heterocycles. The van der Waals surface area contributed by atoms with E-state index in [0.29, 0.717) is 0 Å². The summed E-state index contributed by atoms with van der Waals surface area (Å²) in [6.07, 6.45) is 8.98. The van der Waals surface area contributed by atoms with Crippen LogP contribution in [0.5, 0.6) is 0 Å². The number of nitrogens with zero attached hydrogens (tertiary/aromatic N) is 1. The summed E-state index contributed by atoms with van der Waals surface area (Å²) in [4.78, 5) is 2.66. The maximum absolute atomic E-state index is 6.29. The second-order valence-electron chi connectivity index (χ2n) is 7.40. The third-order valence-electron chi connectivity index (χ3n) is 6.16. The second-order valence-corrected chi connectivity index (χ2v) is 7.40. The molecule has 0 aliphatic heterocycles. The molecule has 0 aromatic heterocycles. The number of hydrogen-bond donors (Lipinski definition) is 1. The first-order valence-electron chi connectivity index (χ1n) is 8.64. The molecule has 21 heavy (non-hydrogen) atoms. The van der Waals surface area contributed by atoms with E-state index in [2.05, 4.69) is 43.1 Å². The molecule has 1 atom stereocenters. The predicted octanol–water partition coefficient (Wildman–Crippen LogP) is 3.38. The molecule has 0 radical (unpaired) electrons. The van der Waals surface area contributed by atoms with Crippen LogP contribution in [0.25, 0.3) is 0 Å². The Morgan fingerprint density at radius 1 is 1.14 bits per heavy atom. The maximum atomic E-state index is 6.29. The summed E-state index contributed by atoms with van der Waals surface area (Å²) in [7, 11) is 2.33. The first-order chi connectivity index (χ1) is 10.1. The topological polar surface area (TPSA) is 29.3 Å². The van der Waals surface area contributed by atoms with Crippen LogP contribution in [0.15, 0.2) is 24.3 Å². The van der Waals surface area contributed by atoms with Gasteiger partial charge in [-0.25, -0.2) is 0 Å². The van der Waals surface area contributed by atoms with Crippen molar-refractivity contribution in [2.24, 2.45) is 11.7 Å². The molecule has 116 valence electrons. The van der Waals surface area contributed by atoms with Crippen molar-refractivity contribution < 1.29 is 0 Å². The molecule has 1 unspecified atom stereocenters. The van der Waals surface area contributed by atoms with E-state index in [1.807, 2.05) is 0 Å². The third-order valence-corrected chi connectivity index (χ3v) is 6.16. The molecule has 0 saturated heterocycles. The van der Waals surface area contributed by atoms with E-state index in [1.165, 1.54) is 49.7 Å². The van der Waals surface area contributed by atoms with Crippen LogP contribution in [-0.4, -0.2) is 30.1 Å². The molecule has 2 N–H and O–H groups in total. The van der Waals surface area contributed by atoms with Gasteiger partial charge in [-0.1, -0.05) is 31.2 Å². The largest absolute Gasteiger partial charge is 0.329 e. The summed E-state index contributed by atoms with van der Waals surface area (Å²) in [6, 6.07) is 9.66. The van der Waals surface area contributed by atoms with Crippen molar-refractivity contribution in [2.75, 3.05) is 13.6 Å². The first kappa shape index (κ1) is 15.1. The van der Waals surface area contributed by atoms with Crippen molar-refractivity contribution >= 4 is 0 Å². The minimum absolute atomic E-state index is 0.180. The van der Waals surface area contributed by atoms with Gasteiger partial charge >= 0.3 is 0 Å². The van der Waals surface area contributed by atoms with Crippen LogP contribution in [0.2, 0.25) is 0 Å². The Labute approximate surface area is 129 Å². The molecule has 1 fully saturated rings. The lowest BCUT2D eigenvalue weighted by Crippen LogP contribution is -2.59. The molecular weight excluding hydrogens is 256 g/mol. The van der Waals surface area contributed by atoms with Gasteiger partial charge in [0, 0.05) is 18.1 Å². The molecule has 2 aliphatic carbocycles. The number of nitrogens with two attached hydrogens (primary N) is 1. The standard InChI is InChI=1S/C19H30N2/c1-15-7-9-18(10-8-15)21(2)19(14-20)12-11-16-5-3-4-6-17(16)13-19/h3-6,15,18H,7-14,20H2,1-2H3. The molecule has 0 amide bonds. The Balaban J connectivity index is 1.78. The van der Waals surface area contributed by atoms with Crippen molar-refractivity contribution in [3.8, 4) is 0 Å². The van der Waals surface area contributed by atoms with Crippen LogP contribution >= 0.6 is 0 Å². The third kappa shape index (κ3) is 2.89. The molecule has 2 aliphatic rings. The van der Waals surface area contributed by atoms with Gasteiger partial charge in [0.1, 0.15) is 0 Å². The molecule has 2 heteroatoms. The number of aryl methyl sites for hydroxylation is 1. The maximum Gasteiger partial charge on any atom is 0.0375 e. The highest BCUT2D eigenvalue weighted by atomic mass is 15.2. The van der Waals surface area contributed by atoms with Gasteiger partial charge < -0.3 is 5.73 Å². The Kier molecular flexibility index (Phi) is 4.37. The Hall–Kier alpha value is -0.860. The summed E-state index contributed by atoms with van der Waals surface area (Å²) >= 11 is 0. The lowest BCUT2D eigenvalue weighted by atomic mass is 9.75. The van der Waals surface area contributed by atoms with Gasteiger partial charge in [0.05, 0.1) is 0 Å². The molecular formula is C19H30N2. The van der Waals surface area contributed by atoms with E-state index in [1.54, 1.807) is 0 Å². The number of fused-ring (bicyclic) bond motifs is 1. The van der Waals surface area contributed by atoms with Crippen LogP contribution in [0.3, 0.4) is 0 Å². The lowest BCUT2D eigenvalue weighted by molar-refractivity contribution is 0.0398. The predicted molar refractivity (Wildman–Crippen MR) is 89.4 cm³/mol. The average molecular weight is 286 g/mol. The fourth-order valence-corrected chi connectivity index (χ4v) is 4.42. The number of likely N-dealkylation sites (N-methyl/N-ethyl adjacent to an activating group) is 1. The van der Waals surface area contributed by atoms with Gasteiger partial charge in [-0.3, -0.25) is 4.90 Å². The fourth-order valence-electron chi connectivity index (χ4n) is 4.42. The minimum Gasteiger partial charge on any atom is -0.329 e. The Morgan fingerprint density at radius 2 is 1.81 bits per heavy atom. The van der Waals surface area contributed by atoms with E-state index < -0.39 is 0 Å². The van der Waals surface area contributed by atoms with Gasteiger partial charge in [0.2, 0.25) is 0 Å². The van der Waals surface area contributed by atoms with Gasteiger partial charge in [-0.15, -0.1) is 0 Å². The molecule has 0 spiro atoms. The van der Waals surface area contributed by atoms with E-state index in [0.717, 1.165) is 24.9 Å². The smallest absolute Gasteiger partial charge is 0.0375 e. The molecule has 1 saturated carbocycles. The van der Waals surface area contributed by atoms with Crippen LogP contribution < -0.4 is 5.73 Å². The monoisotopic (exact) mass is 286 g/mol. The van der Waals surface area contributed by atoms with Crippen LogP contribution in [0.4, 0.5) is 0 Å². The molecule has 3 rings (SSSR count). The second kappa shape index (κ2) is 6.10. The summed E-state index contributed by atoms with van der Waals surface area (Å²) in [6.45, 7) is 3.18. The SMILES string of the molecule is CC1CCC(N(C)C2(CN)CCc3ccccc3C2)CC1. The van der Waals surface area contributed by atoms with Crippen molar-refractivity contribution in [1.29, 1.82) is 0 Å². The van der Waals surface area contributed by atoms with Crippen molar-refractivity contribution in [2.45, 2.75) is 63.5 Å². The Bertz CT molecular complexity index is 476. The van der Waals surface area contributed by atoms with Crippen molar-refractivity contribution in [1.82, 2.24) is 4.90 Å². The minimum atomic E-state index is 0.180. The Morgan fingerprint density at radius 3 is 2.48 bits per heavy atom. The van der Waals surface area contributed by atoms with E-state index in [-0.39, 0.29) is 5.54 Å². The fraction of sp³-hybridized carbons (Fsp3) is 0.684. The zero-order chi connectivity index (χ0) is 14.9. The quantitative estimate of drug-likeness (QED) is 0.923. The summed E-state index contributed by atoms with van der Waals surface area (Å²) in [5.74, 6) is 0.913. The highest BCUT2D eigenvalue weighted by Crippen LogP contribution is 2.36. The van der Waals surface area contributed by atoms with Gasteiger partial charge in [-0.2, -0.15) is 0 Å². The average Bonchev–Trinajstić information content (AvgIpc) is 2.54. The zero-order valence-electron chi connectivity index (χ0n) is 13.6. The van der Waals surface area contributed by atoms with Crippen LogP contribution in [-0.2, 0) is 12.8 Å². The molecule has 1 aromatic rings. The van der Waals surface area contributed by atoms with E-state index >= 15 is 0 Å². The molecule has 1 aromatic carbocycles. The van der Waals surface area contributed by atoms with Gasteiger partial charge in [0.25, 0.3) is 0 Å². The number of hydrogen-bond acceptors (Lipinski definition) is 2.